The Morgan fingerprint density at radius 1 is 1.24 bits per heavy atom. The molecule has 1 aliphatic rings. The van der Waals surface area contributed by atoms with E-state index in [0.717, 1.165) is 0 Å². The maximum absolute atomic E-state index is 11.8. The monoisotopic (exact) mass is 306 g/mol. The van der Waals surface area contributed by atoms with Crippen molar-refractivity contribution in [3.63, 3.8) is 0 Å². The minimum atomic E-state index is -1.83. The minimum Gasteiger partial charge on any atom is -0.448 e. The minimum absolute atomic E-state index is 0.367. The number of aliphatic hydroxyl groups excluding tert-OH is 4. The molecule has 5 atom stereocenters. The van der Waals surface area contributed by atoms with E-state index >= 15 is 0 Å². The van der Waals surface area contributed by atoms with Gasteiger partial charge in [-0.3, -0.25) is 4.79 Å². The fraction of sp³-hybridized carbons (Fsp3) is 0.833. The molecular weight excluding hydrogens is 284 g/mol. The average molecular weight is 306 g/mol. The summed E-state index contributed by atoms with van der Waals surface area (Å²) in [6.07, 6.45) is -5.21. The molecule has 0 saturated carbocycles. The van der Waals surface area contributed by atoms with Crippen LogP contribution in [0.1, 0.15) is 19.3 Å². The Morgan fingerprint density at radius 3 is 2.48 bits per heavy atom. The lowest BCUT2D eigenvalue weighted by Crippen LogP contribution is -2.60. The number of unbranched alkanes of at least 4 members (excludes halogenated alkanes) is 1. The van der Waals surface area contributed by atoms with Crippen molar-refractivity contribution < 1.29 is 34.8 Å². The van der Waals surface area contributed by atoms with Crippen LogP contribution in [0.3, 0.4) is 0 Å². The number of hydrogen-bond acceptors (Lipinski definition) is 8. The first-order valence-electron chi connectivity index (χ1n) is 6.78. The lowest BCUT2D eigenvalue weighted by Gasteiger charge is -2.33. The second-order valence-corrected chi connectivity index (χ2v) is 4.93. The van der Waals surface area contributed by atoms with Gasteiger partial charge in [0.1, 0.15) is 24.4 Å². The highest BCUT2D eigenvalue weighted by atomic mass is 16.6. The summed E-state index contributed by atoms with van der Waals surface area (Å²) >= 11 is 0. The van der Waals surface area contributed by atoms with Gasteiger partial charge in [-0.2, -0.15) is 0 Å². The van der Waals surface area contributed by atoms with Crippen molar-refractivity contribution in [3.05, 3.63) is 0 Å². The maximum Gasteiger partial charge on any atom is 0.329 e. The molecule has 9 heteroatoms. The van der Waals surface area contributed by atoms with Crippen LogP contribution in [0.5, 0.6) is 0 Å². The van der Waals surface area contributed by atoms with Crippen LogP contribution in [0, 0.1) is 0 Å². The summed E-state index contributed by atoms with van der Waals surface area (Å²) in [6.45, 7) is -0.329. The first-order chi connectivity index (χ1) is 9.92. The van der Waals surface area contributed by atoms with Crippen LogP contribution in [0.4, 0.5) is 0 Å². The normalized spacial score (nSPS) is 26.7. The van der Waals surface area contributed by atoms with Crippen LogP contribution < -0.4 is 11.1 Å². The van der Waals surface area contributed by atoms with E-state index in [1.165, 1.54) is 0 Å². The molecule has 0 bridgehead atoms. The zero-order chi connectivity index (χ0) is 16.0. The van der Waals surface area contributed by atoms with Gasteiger partial charge >= 0.3 is 5.97 Å². The van der Waals surface area contributed by atoms with Gasteiger partial charge in [-0.1, -0.05) is 0 Å². The Labute approximate surface area is 121 Å². The highest BCUT2D eigenvalue weighted by Crippen LogP contribution is 2.16. The van der Waals surface area contributed by atoms with Crippen molar-refractivity contribution in [2.24, 2.45) is 5.73 Å². The Bertz CT molecular complexity index is 366. The zero-order valence-electron chi connectivity index (χ0n) is 11.5. The third-order valence-corrected chi connectivity index (χ3v) is 3.29. The molecule has 21 heavy (non-hydrogen) atoms. The lowest BCUT2D eigenvalue weighted by molar-refractivity contribution is -0.183. The van der Waals surface area contributed by atoms with Crippen LogP contribution in [0.25, 0.3) is 0 Å². The number of carbonyl (C=O) groups is 2. The van der Waals surface area contributed by atoms with Crippen LogP contribution in [0.15, 0.2) is 0 Å². The van der Waals surface area contributed by atoms with Gasteiger partial charge in [-0.05, 0) is 25.8 Å². The van der Waals surface area contributed by atoms with E-state index in [1.54, 1.807) is 0 Å². The van der Waals surface area contributed by atoms with E-state index in [-0.39, 0.29) is 0 Å². The molecular formula is C12H22N2O7. The van der Waals surface area contributed by atoms with Gasteiger partial charge in [0, 0.05) is 0 Å². The number of carbonyl (C=O) groups excluding carboxylic acids is 2. The molecule has 7 N–H and O–H groups in total. The quantitative estimate of drug-likeness (QED) is 0.200. The second-order valence-electron chi connectivity index (χ2n) is 4.93. The summed E-state index contributed by atoms with van der Waals surface area (Å²) < 4.78 is 4.83. The molecule has 1 aliphatic heterocycles. The van der Waals surface area contributed by atoms with Crippen LogP contribution >= 0.6 is 0 Å². The summed E-state index contributed by atoms with van der Waals surface area (Å²) in [5.74, 6) is -1.48. The molecule has 1 heterocycles. The number of rotatable bonds is 8. The van der Waals surface area contributed by atoms with Crippen molar-refractivity contribution >= 4 is 11.9 Å². The Balaban J connectivity index is 2.61. The number of aliphatic hydroxyl groups is 4. The Kier molecular flexibility index (Phi) is 6.99. The van der Waals surface area contributed by atoms with Crippen LogP contribution in [-0.2, 0) is 14.3 Å². The standard InChI is InChI=1S/C12H22N2O7/c13-4-2-1-3-6-12(20)21-10(11(19)14-6)9(18)8(17)7(16)5-15/h6-10,15-18H,1-5,13H2,(H,14,19)/t6-,7-,8-,9+,10+/m0/s1. The number of morpholine rings is 1. The SMILES string of the molecule is NCCCC[C@@H]1NC(=O)[C@@H]([C@H](O)[C@@H](O)[C@@H](O)CO)OC1=O. The summed E-state index contributed by atoms with van der Waals surface area (Å²) in [4.78, 5) is 23.5. The predicted octanol–water partition coefficient (Wildman–Crippen LogP) is -3.40. The number of esters is 1. The number of cyclic esters (lactones) is 1. The van der Waals surface area contributed by atoms with Crippen molar-refractivity contribution in [2.45, 2.75) is 49.7 Å². The van der Waals surface area contributed by atoms with Crippen LogP contribution in [-0.4, -0.2) is 75.9 Å². The van der Waals surface area contributed by atoms with E-state index in [2.05, 4.69) is 5.32 Å². The fourth-order valence-electron chi connectivity index (χ4n) is 2.00. The van der Waals surface area contributed by atoms with Gasteiger partial charge < -0.3 is 36.2 Å². The average Bonchev–Trinajstić information content (AvgIpc) is 2.48. The molecule has 0 aromatic rings. The third kappa shape index (κ3) is 4.61. The molecule has 9 nitrogen and oxygen atoms in total. The van der Waals surface area contributed by atoms with Crippen molar-refractivity contribution in [3.8, 4) is 0 Å². The molecule has 0 aromatic heterocycles. The molecule has 0 aromatic carbocycles. The number of amides is 1. The van der Waals surface area contributed by atoms with Crippen LogP contribution in [0.2, 0.25) is 0 Å². The lowest BCUT2D eigenvalue weighted by atomic mass is 10.00. The topological polar surface area (TPSA) is 162 Å². The van der Waals surface area contributed by atoms with E-state index in [0.29, 0.717) is 25.8 Å². The molecule has 1 saturated heterocycles. The smallest absolute Gasteiger partial charge is 0.329 e. The van der Waals surface area contributed by atoms with E-state index < -0.39 is 48.9 Å². The predicted molar refractivity (Wildman–Crippen MR) is 69.8 cm³/mol. The van der Waals surface area contributed by atoms with Gasteiger partial charge in [0.25, 0.3) is 5.91 Å². The molecule has 1 fully saturated rings. The number of hydrogen-bond donors (Lipinski definition) is 6. The van der Waals surface area contributed by atoms with E-state index in [9.17, 15) is 24.9 Å². The van der Waals surface area contributed by atoms with Crippen molar-refractivity contribution in [2.75, 3.05) is 13.2 Å². The van der Waals surface area contributed by atoms with E-state index in [4.69, 9.17) is 15.6 Å². The molecule has 0 unspecified atom stereocenters. The first kappa shape index (κ1) is 17.8. The number of ether oxygens (including phenoxy) is 1. The van der Waals surface area contributed by atoms with Gasteiger partial charge in [-0.15, -0.1) is 0 Å². The maximum atomic E-state index is 11.8. The third-order valence-electron chi connectivity index (χ3n) is 3.29. The molecule has 122 valence electrons. The Morgan fingerprint density at radius 2 is 1.90 bits per heavy atom. The highest BCUT2D eigenvalue weighted by Gasteiger charge is 2.43. The number of nitrogens with one attached hydrogen (secondary N) is 1. The van der Waals surface area contributed by atoms with Gasteiger partial charge in [0.15, 0.2) is 0 Å². The summed E-state index contributed by atoms with van der Waals surface area (Å²) in [5, 5.41) is 39.6. The van der Waals surface area contributed by atoms with Gasteiger partial charge in [0.2, 0.25) is 6.10 Å². The van der Waals surface area contributed by atoms with Crippen molar-refractivity contribution in [1.82, 2.24) is 5.32 Å². The second kappa shape index (κ2) is 8.25. The molecule has 0 spiro atoms. The van der Waals surface area contributed by atoms with Gasteiger partial charge in [-0.25, -0.2) is 4.79 Å². The molecule has 1 amide bonds. The fourth-order valence-corrected chi connectivity index (χ4v) is 2.00. The summed E-state index contributed by atoms with van der Waals surface area (Å²) in [5.41, 5.74) is 5.33. The highest BCUT2D eigenvalue weighted by molar-refractivity contribution is 5.92. The van der Waals surface area contributed by atoms with Gasteiger partial charge in [0.05, 0.1) is 6.61 Å². The van der Waals surface area contributed by atoms with E-state index in [1.807, 2.05) is 0 Å². The summed E-state index contributed by atoms with van der Waals surface area (Å²) in [6, 6.07) is -0.813. The zero-order valence-corrected chi connectivity index (χ0v) is 11.5. The number of nitrogens with two attached hydrogens (primary N) is 1. The largest absolute Gasteiger partial charge is 0.448 e. The Hall–Kier alpha value is -1.26. The molecule has 0 aliphatic carbocycles. The molecule has 0 radical (unpaired) electrons. The summed E-state index contributed by atoms with van der Waals surface area (Å²) in [7, 11) is 0. The first-order valence-corrected chi connectivity index (χ1v) is 6.78. The van der Waals surface area contributed by atoms with Crippen molar-refractivity contribution in [1.29, 1.82) is 0 Å². The molecule has 1 rings (SSSR count).